The number of rotatable bonds is 9. The molecule has 0 unspecified atom stereocenters. The lowest BCUT2D eigenvalue weighted by Crippen LogP contribution is -2.10. The van der Waals surface area contributed by atoms with Crippen LogP contribution in [0.15, 0.2) is 16.6 Å². The van der Waals surface area contributed by atoms with Gasteiger partial charge in [-0.1, -0.05) is 0 Å². The Hall–Kier alpha value is -0.790. The van der Waals surface area contributed by atoms with Crippen molar-refractivity contribution in [3.8, 4) is 11.5 Å². The molecular weight excluding hydrogens is 358 g/mol. The summed E-state index contributed by atoms with van der Waals surface area (Å²) in [5, 5.41) is 3.09. The first-order valence-corrected chi connectivity index (χ1v) is 9.63. The summed E-state index contributed by atoms with van der Waals surface area (Å²) in [6.07, 6.45) is 1.68. The summed E-state index contributed by atoms with van der Waals surface area (Å²) in [6, 6.07) is 3.89. The van der Waals surface area contributed by atoms with Gasteiger partial charge >= 0.3 is 0 Å². The molecule has 0 fully saturated rings. The quantitative estimate of drug-likeness (QED) is 0.667. The maximum Gasteiger partial charge on any atom is 0.175 e. The highest BCUT2D eigenvalue weighted by atomic mass is 79.9. The predicted molar refractivity (Wildman–Crippen MR) is 87.9 cm³/mol. The average Bonchev–Trinajstić information content (AvgIpc) is 2.36. The highest BCUT2D eigenvalue weighted by Gasteiger charge is 2.12. The van der Waals surface area contributed by atoms with Crippen molar-refractivity contribution in [2.75, 3.05) is 32.3 Å². The predicted octanol–water partition coefficient (Wildman–Crippen LogP) is 2.38. The molecule has 0 heterocycles. The minimum Gasteiger partial charge on any atom is -0.490 e. The van der Waals surface area contributed by atoms with E-state index in [1.54, 1.807) is 0 Å². The van der Waals surface area contributed by atoms with E-state index in [9.17, 15) is 8.42 Å². The van der Waals surface area contributed by atoms with Crippen LogP contribution in [-0.4, -0.2) is 40.7 Å². The van der Waals surface area contributed by atoms with Gasteiger partial charge in [0.2, 0.25) is 0 Å². The van der Waals surface area contributed by atoms with Gasteiger partial charge in [0, 0.05) is 12.8 Å². The molecule has 0 atom stereocenters. The van der Waals surface area contributed by atoms with Crippen LogP contribution in [0.25, 0.3) is 0 Å². The third kappa shape index (κ3) is 6.67. The molecule has 0 saturated heterocycles. The summed E-state index contributed by atoms with van der Waals surface area (Å²) in [5.41, 5.74) is 1.08. The van der Waals surface area contributed by atoms with Gasteiger partial charge in [-0.15, -0.1) is 0 Å². The fraction of sp³-hybridized carbons (Fsp3) is 0.571. The van der Waals surface area contributed by atoms with E-state index in [1.165, 1.54) is 6.26 Å². The molecule has 0 aliphatic carbocycles. The number of halogens is 1. The molecule has 120 valence electrons. The van der Waals surface area contributed by atoms with Gasteiger partial charge in [0.05, 0.1) is 23.4 Å². The number of ether oxygens (including phenoxy) is 2. The van der Waals surface area contributed by atoms with E-state index in [0.717, 1.165) is 16.6 Å². The Morgan fingerprint density at radius 3 is 2.57 bits per heavy atom. The van der Waals surface area contributed by atoms with Crippen molar-refractivity contribution >= 4 is 25.8 Å². The van der Waals surface area contributed by atoms with Crippen molar-refractivity contribution in [1.29, 1.82) is 0 Å². The van der Waals surface area contributed by atoms with Crippen LogP contribution < -0.4 is 14.8 Å². The van der Waals surface area contributed by atoms with E-state index >= 15 is 0 Å². The molecule has 1 N–H and O–H groups in total. The van der Waals surface area contributed by atoms with Gasteiger partial charge in [-0.2, -0.15) is 0 Å². The SMILES string of the molecule is CCOc1cc(CNC)cc(Br)c1OCCCS(C)(=O)=O. The second-order valence-electron chi connectivity index (χ2n) is 4.70. The number of sulfone groups is 1. The summed E-state index contributed by atoms with van der Waals surface area (Å²) >= 11 is 3.48. The van der Waals surface area contributed by atoms with Crippen LogP contribution in [0.2, 0.25) is 0 Å². The van der Waals surface area contributed by atoms with Crippen LogP contribution in [0.4, 0.5) is 0 Å². The minimum atomic E-state index is -2.95. The smallest absolute Gasteiger partial charge is 0.175 e. The molecule has 0 bridgehead atoms. The van der Waals surface area contributed by atoms with E-state index < -0.39 is 9.84 Å². The first kappa shape index (κ1) is 18.3. The van der Waals surface area contributed by atoms with E-state index in [2.05, 4.69) is 21.2 Å². The van der Waals surface area contributed by atoms with Crippen molar-refractivity contribution in [3.63, 3.8) is 0 Å². The Morgan fingerprint density at radius 2 is 2.00 bits per heavy atom. The van der Waals surface area contributed by atoms with Gasteiger partial charge in [0.1, 0.15) is 9.84 Å². The van der Waals surface area contributed by atoms with Gasteiger partial charge in [-0.25, -0.2) is 8.42 Å². The number of hydrogen-bond donors (Lipinski definition) is 1. The lowest BCUT2D eigenvalue weighted by atomic mass is 10.2. The van der Waals surface area contributed by atoms with Gasteiger partial charge in [0.15, 0.2) is 11.5 Å². The zero-order valence-corrected chi connectivity index (χ0v) is 15.0. The summed E-state index contributed by atoms with van der Waals surface area (Å²) in [6.45, 7) is 3.51. The molecular formula is C14H22BrNO4S. The fourth-order valence-electron chi connectivity index (χ4n) is 1.83. The maximum atomic E-state index is 11.1. The monoisotopic (exact) mass is 379 g/mol. The fourth-order valence-corrected chi connectivity index (χ4v) is 3.07. The van der Waals surface area contributed by atoms with E-state index in [0.29, 0.717) is 31.1 Å². The zero-order chi connectivity index (χ0) is 15.9. The Balaban J connectivity index is 2.79. The molecule has 0 aromatic heterocycles. The summed E-state index contributed by atoms with van der Waals surface area (Å²) in [4.78, 5) is 0. The van der Waals surface area contributed by atoms with E-state index in [1.807, 2.05) is 26.1 Å². The maximum absolute atomic E-state index is 11.1. The third-order valence-corrected chi connectivity index (χ3v) is 4.28. The molecule has 0 spiro atoms. The van der Waals surface area contributed by atoms with Crippen molar-refractivity contribution in [3.05, 3.63) is 22.2 Å². The van der Waals surface area contributed by atoms with Gasteiger partial charge in [0.25, 0.3) is 0 Å². The largest absolute Gasteiger partial charge is 0.490 e. The molecule has 7 heteroatoms. The second kappa shape index (κ2) is 8.60. The standard InChI is InChI=1S/C14H22BrNO4S/c1-4-19-13-9-11(10-16-2)8-12(15)14(13)20-6-5-7-21(3,17)18/h8-9,16H,4-7,10H2,1-3H3. The highest BCUT2D eigenvalue weighted by Crippen LogP contribution is 2.37. The molecule has 0 saturated carbocycles. The molecule has 1 rings (SSSR count). The lowest BCUT2D eigenvalue weighted by Gasteiger charge is -2.15. The molecule has 21 heavy (non-hydrogen) atoms. The first-order chi connectivity index (χ1) is 9.87. The topological polar surface area (TPSA) is 64.6 Å². The minimum absolute atomic E-state index is 0.117. The van der Waals surface area contributed by atoms with Crippen LogP contribution in [0.1, 0.15) is 18.9 Å². The van der Waals surface area contributed by atoms with Gasteiger partial charge in [-0.3, -0.25) is 0 Å². The number of nitrogens with one attached hydrogen (secondary N) is 1. The van der Waals surface area contributed by atoms with Crippen LogP contribution >= 0.6 is 15.9 Å². The summed E-state index contributed by atoms with van der Waals surface area (Å²) < 4.78 is 34.3. The van der Waals surface area contributed by atoms with Gasteiger partial charge in [-0.05, 0) is 54.0 Å². The zero-order valence-electron chi connectivity index (χ0n) is 12.6. The molecule has 0 radical (unpaired) electrons. The highest BCUT2D eigenvalue weighted by molar-refractivity contribution is 9.10. The summed E-state index contributed by atoms with van der Waals surface area (Å²) in [7, 11) is -1.08. The van der Waals surface area contributed by atoms with Crippen LogP contribution in [-0.2, 0) is 16.4 Å². The molecule has 1 aromatic carbocycles. The first-order valence-electron chi connectivity index (χ1n) is 6.77. The molecule has 5 nitrogen and oxygen atoms in total. The molecule has 1 aromatic rings. The third-order valence-electron chi connectivity index (χ3n) is 2.66. The van der Waals surface area contributed by atoms with Crippen LogP contribution in [0, 0.1) is 0 Å². The number of benzene rings is 1. The Bertz CT molecular complexity index is 560. The van der Waals surface area contributed by atoms with Crippen molar-refractivity contribution < 1.29 is 17.9 Å². The van der Waals surface area contributed by atoms with Crippen molar-refractivity contribution in [1.82, 2.24) is 5.32 Å². The average molecular weight is 380 g/mol. The Labute approximate surface area is 135 Å². The molecule has 0 amide bonds. The van der Waals surface area contributed by atoms with E-state index in [4.69, 9.17) is 9.47 Å². The van der Waals surface area contributed by atoms with E-state index in [-0.39, 0.29) is 5.75 Å². The Kier molecular flexibility index (Phi) is 7.48. The van der Waals surface area contributed by atoms with Crippen LogP contribution in [0.3, 0.4) is 0 Å². The van der Waals surface area contributed by atoms with Crippen LogP contribution in [0.5, 0.6) is 11.5 Å². The molecule has 0 aliphatic heterocycles. The lowest BCUT2D eigenvalue weighted by molar-refractivity contribution is 0.275. The Morgan fingerprint density at radius 1 is 1.29 bits per heavy atom. The second-order valence-corrected chi connectivity index (χ2v) is 7.81. The van der Waals surface area contributed by atoms with Gasteiger partial charge < -0.3 is 14.8 Å². The summed E-state index contributed by atoms with van der Waals surface area (Å²) in [5.74, 6) is 1.40. The number of hydrogen-bond acceptors (Lipinski definition) is 5. The molecule has 0 aliphatic rings. The van der Waals surface area contributed by atoms with Crippen molar-refractivity contribution in [2.24, 2.45) is 0 Å². The normalized spacial score (nSPS) is 11.4. The van der Waals surface area contributed by atoms with Crippen molar-refractivity contribution in [2.45, 2.75) is 19.9 Å².